The summed E-state index contributed by atoms with van der Waals surface area (Å²) >= 11 is 0. The van der Waals surface area contributed by atoms with E-state index in [0.717, 1.165) is 19.1 Å². The maximum absolute atomic E-state index is 10.6. The Bertz CT molecular complexity index is 246. The van der Waals surface area contributed by atoms with Crippen LogP contribution in [0, 0.1) is 5.92 Å². The summed E-state index contributed by atoms with van der Waals surface area (Å²) in [6.07, 6.45) is 2.58. The van der Waals surface area contributed by atoms with Crippen LogP contribution in [-0.4, -0.2) is 12.8 Å². The molecular formula is C11H15NO. The van der Waals surface area contributed by atoms with Crippen LogP contribution < -0.4 is 5.73 Å². The molecule has 1 atom stereocenters. The zero-order valence-electron chi connectivity index (χ0n) is 7.65. The molecule has 2 nitrogen and oxygen atoms in total. The second kappa shape index (κ2) is 5.49. The highest BCUT2D eigenvalue weighted by molar-refractivity contribution is 5.54. The minimum absolute atomic E-state index is 0.0763. The van der Waals surface area contributed by atoms with Crippen LogP contribution in [0.5, 0.6) is 0 Å². The fourth-order valence-corrected chi connectivity index (χ4v) is 1.35. The molecule has 1 unspecified atom stereocenters. The number of hydrogen-bond donors (Lipinski definition) is 1. The zero-order valence-corrected chi connectivity index (χ0v) is 7.65. The average Bonchev–Trinajstić information content (AvgIpc) is 2.19. The predicted molar refractivity (Wildman–Crippen MR) is 53.4 cm³/mol. The number of carbonyl (C=O) groups is 1. The summed E-state index contributed by atoms with van der Waals surface area (Å²) in [5.41, 5.74) is 6.60. The number of rotatable bonds is 5. The van der Waals surface area contributed by atoms with Crippen molar-refractivity contribution in [1.82, 2.24) is 0 Å². The van der Waals surface area contributed by atoms with Crippen LogP contribution in [0.2, 0.25) is 0 Å². The first-order valence-electron chi connectivity index (χ1n) is 4.56. The Balaban J connectivity index is 2.51. The van der Waals surface area contributed by atoms with Gasteiger partial charge >= 0.3 is 0 Å². The lowest BCUT2D eigenvalue weighted by Gasteiger charge is -2.07. The van der Waals surface area contributed by atoms with Gasteiger partial charge in [0.15, 0.2) is 0 Å². The largest absolute Gasteiger partial charge is 0.330 e. The van der Waals surface area contributed by atoms with Crippen LogP contribution in [0.4, 0.5) is 0 Å². The van der Waals surface area contributed by atoms with Crippen molar-refractivity contribution in [3.05, 3.63) is 35.9 Å². The maximum Gasteiger partial charge on any atom is 0.123 e. The van der Waals surface area contributed by atoms with Crippen LogP contribution in [-0.2, 0) is 11.2 Å². The predicted octanol–water partition coefficient (Wildman–Crippen LogP) is 1.39. The molecular weight excluding hydrogens is 162 g/mol. The van der Waals surface area contributed by atoms with Crippen molar-refractivity contribution in [2.24, 2.45) is 11.7 Å². The fourth-order valence-electron chi connectivity index (χ4n) is 1.35. The van der Waals surface area contributed by atoms with E-state index in [2.05, 4.69) is 0 Å². The summed E-state index contributed by atoms with van der Waals surface area (Å²) in [7, 11) is 0. The smallest absolute Gasteiger partial charge is 0.123 e. The summed E-state index contributed by atoms with van der Waals surface area (Å²) < 4.78 is 0. The van der Waals surface area contributed by atoms with E-state index in [1.54, 1.807) is 0 Å². The molecule has 0 bridgehead atoms. The molecule has 0 aromatic heterocycles. The van der Waals surface area contributed by atoms with Gasteiger partial charge in [0.25, 0.3) is 0 Å². The number of hydrogen-bond acceptors (Lipinski definition) is 2. The van der Waals surface area contributed by atoms with Crippen LogP contribution in [0.25, 0.3) is 0 Å². The van der Waals surface area contributed by atoms with E-state index in [0.29, 0.717) is 6.54 Å². The molecule has 0 aliphatic heterocycles. The molecule has 2 N–H and O–H groups in total. The van der Waals surface area contributed by atoms with E-state index in [1.165, 1.54) is 5.56 Å². The Morgan fingerprint density at radius 1 is 1.31 bits per heavy atom. The molecule has 1 aromatic rings. The van der Waals surface area contributed by atoms with Gasteiger partial charge in [-0.25, -0.2) is 0 Å². The highest BCUT2D eigenvalue weighted by Gasteiger charge is 2.06. The Morgan fingerprint density at radius 3 is 2.54 bits per heavy atom. The normalized spacial score (nSPS) is 12.4. The van der Waals surface area contributed by atoms with Gasteiger partial charge in [0.1, 0.15) is 6.29 Å². The van der Waals surface area contributed by atoms with Crippen LogP contribution in [0.15, 0.2) is 30.3 Å². The monoisotopic (exact) mass is 177 g/mol. The third-order valence-corrected chi connectivity index (χ3v) is 2.07. The Labute approximate surface area is 78.8 Å². The molecule has 0 saturated heterocycles. The molecule has 0 spiro atoms. The third-order valence-electron chi connectivity index (χ3n) is 2.07. The van der Waals surface area contributed by atoms with Crippen molar-refractivity contribution in [3.63, 3.8) is 0 Å². The van der Waals surface area contributed by atoms with Crippen molar-refractivity contribution in [1.29, 1.82) is 0 Å². The minimum atomic E-state index is 0.0763. The summed E-state index contributed by atoms with van der Waals surface area (Å²) in [6, 6.07) is 10.0. The summed E-state index contributed by atoms with van der Waals surface area (Å²) in [5.74, 6) is 0.0763. The van der Waals surface area contributed by atoms with E-state index in [1.807, 2.05) is 30.3 Å². The van der Waals surface area contributed by atoms with Crippen LogP contribution in [0.3, 0.4) is 0 Å². The Morgan fingerprint density at radius 2 is 2.00 bits per heavy atom. The molecule has 0 radical (unpaired) electrons. The Kier molecular flexibility index (Phi) is 4.19. The van der Waals surface area contributed by atoms with Crippen LogP contribution in [0.1, 0.15) is 12.0 Å². The van der Waals surface area contributed by atoms with Gasteiger partial charge in [-0.3, -0.25) is 0 Å². The van der Waals surface area contributed by atoms with Gasteiger partial charge in [-0.2, -0.15) is 0 Å². The summed E-state index contributed by atoms with van der Waals surface area (Å²) in [4.78, 5) is 10.6. The van der Waals surface area contributed by atoms with Crippen molar-refractivity contribution < 1.29 is 4.79 Å². The first-order chi connectivity index (χ1) is 6.36. The van der Waals surface area contributed by atoms with Gasteiger partial charge in [-0.1, -0.05) is 30.3 Å². The van der Waals surface area contributed by atoms with E-state index < -0.39 is 0 Å². The first-order valence-corrected chi connectivity index (χ1v) is 4.56. The topological polar surface area (TPSA) is 43.1 Å². The van der Waals surface area contributed by atoms with Crippen molar-refractivity contribution in [2.75, 3.05) is 6.54 Å². The number of carbonyl (C=O) groups excluding carboxylic acids is 1. The highest BCUT2D eigenvalue weighted by atomic mass is 16.1. The molecule has 2 heteroatoms. The fraction of sp³-hybridized carbons (Fsp3) is 0.364. The third kappa shape index (κ3) is 3.38. The van der Waals surface area contributed by atoms with Gasteiger partial charge < -0.3 is 10.5 Å². The van der Waals surface area contributed by atoms with E-state index in [9.17, 15) is 4.79 Å². The highest BCUT2D eigenvalue weighted by Crippen LogP contribution is 2.09. The van der Waals surface area contributed by atoms with Gasteiger partial charge in [-0.15, -0.1) is 0 Å². The van der Waals surface area contributed by atoms with Crippen LogP contribution >= 0.6 is 0 Å². The molecule has 13 heavy (non-hydrogen) atoms. The molecule has 0 saturated carbocycles. The molecule has 0 amide bonds. The SMILES string of the molecule is NCCC(C=O)Cc1ccccc1. The summed E-state index contributed by atoms with van der Waals surface area (Å²) in [6.45, 7) is 0.580. The number of benzene rings is 1. The molecule has 0 fully saturated rings. The number of aldehydes is 1. The Hall–Kier alpha value is -1.15. The lowest BCUT2D eigenvalue weighted by molar-refractivity contribution is -0.111. The first kappa shape index (κ1) is 9.93. The van der Waals surface area contributed by atoms with Gasteiger partial charge in [0.2, 0.25) is 0 Å². The lowest BCUT2D eigenvalue weighted by atomic mass is 9.98. The van der Waals surface area contributed by atoms with Crippen molar-refractivity contribution >= 4 is 6.29 Å². The van der Waals surface area contributed by atoms with Gasteiger partial charge in [-0.05, 0) is 24.9 Å². The quantitative estimate of drug-likeness (QED) is 0.691. The lowest BCUT2D eigenvalue weighted by Crippen LogP contribution is -2.12. The molecule has 1 aromatic carbocycles. The van der Waals surface area contributed by atoms with Crippen molar-refractivity contribution in [2.45, 2.75) is 12.8 Å². The van der Waals surface area contributed by atoms with Gasteiger partial charge in [0.05, 0.1) is 0 Å². The zero-order chi connectivity index (χ0) is 9.52. The molecule has 0 aliphatic rings. The van der Waals surface area contributed by atoms with E-state index in [-0.39, 0.29) is 5.92 Å². The maximum atomic E-state index is 10.6. The van der Waals surface area contributed by atoms with E-state index >= 15 is 0 Å². The average molecular weight is 177 g/mol. The molecule has 0 aliphatic carbocycles. The number of nitrogens with two attached hydrogens (primary N) is 1. The second-order valence-corrected chi connectivity index (χ2v) is 3.16. The molecule has 1 rings (SSSR count). The summed E-state index contributed by atoms with van der Waals surface area (Å²) in [5, 5.41) is 0. The molecule has 70 valence electrons. The van der Waals surface area contributed by atoms with E-state index in [4.69, 9.17) is 5.73 Å². The standard InChI is InChI=1S/C11H15NO/c12-7-6-11(9-13)8-10-4-2-1-3-5-10/h1-5,9,11H,6-8,12H2. The second-order valence-electron chi connectivity index (χ2n) is 3.16. The molecule has 0 heterocycles. The minimum Gasteiger partial charge on any atom is -0.330 e. The van der Waals surface area contributed by atoms with Gasteiger partial charge in [0, 0.05) is 5.92 Å². The van der Waals surface area contributed by atoms with Crippen molar-refractivity contribution in [3.8, 4) is 0 Å².